The highest BCUT2D eigenvalue weighted by molar-refractivity contribution is 5.88. The third-order valence-electron chi connectivity index (χ3n) is 3.90. The molecule has 2 aromatic heterocycles. The maximum Gasteiger partial charge on any atom is 0.323 e. The number of carbonyl (C=O) groups excluding carboxylic acids is 1. The Labute approximate surface area is 140 Å². The van der Waals surface area contributed by atoms with Crippen molar-refractivity contribution >= 4 is 23.4 Å². The first kappa shape index (κ1) is 15.7. The number of nitrogens with one attached hydrogen (secondary N) is 1. The standard InChI is InChI=1S/C17H18N6O/c1-13-3-5-15(19-11-13)21-17(24)23-9-7-22(8-10-23)16-6-4-14(18-2)12-20-16/h3-6,11-12H,7-10H2,1H3,(H,19,21,24). The SMILES string of the molecule is [C-]#[N+]c1ccc(N2CCN(C(=O)Nc3ccc(C)cn3)CC2)nc1. The molecule has 0 unspecified atom stereocenters. The number of hydrogen-bond acceptors (Lipinski definition) is 4. The van der Waals surface area contributed by atoms with E-state index in [1.165, 1.54) is 0 Å². The minimum absolute atomic E-state index is 0.137. The van der Waals surface area contributed by atoms with Crippen molar-refractivity contribution in [1.29, 1.82) is 0 Å². The molecule has 0 aromatic carbocycles. The summed E-state index contributed by atoms with van der Waals surface area (Å²) in [4.78, 5) is 28.0. The van der Waals surface area contributed by atoms with Crippen molar-refractivity contribution in [3.63, 3.8) is 0 Å². The lowest BCUT2D eigenvalue weighted by molar-refractivity contribution is 0.208. The molecule has 7 heteroatoms. The Morgan fingerprint density at radius 1 is 1.12 bits per heavy atom. The fourth-order valence-corrected chi connectivity index (χ4v) is 2.50. The van der Waals surface area contributed by atoms with Gasteiger partial charge in [0.15, 0.2) is 0 Å². The Morgan fingerprint density at radius 3 is 2.50 bits per heavy atom. The molecule has 7 nitrogen and oxygen atoms in total. The number of amides is 2. The average molecular weight is 322 g/mol. The van der Waals surface area contributed by atoms with Gasteiger partial charge in [-0.3, -0.25) is 10.3 Å². The zero-order chi connectivity index (χ0) is 16.9. The monoisotopic (exact) mass is 322 g/mol. The molecule has 0 atom stereocenters. The Bertz CT molecular complexity index is 742. The van der Waals surface area contributed by atoms with Gasteiger partial charge >= 0.3 is 6.03 Å². The summed E-state index contributed by atoms with van der Waals surface area (Å²) in [6, 6.07) is 7.18. The van der Waals surface area contributed by atoms with E-state index >= 15 is 0 Å². The summed E-state index contributed by atoms with van der Waals surface area (Å²) < 4.78 is 0. The van der Waals surface area contributed by atoms with Crippen LogP contribution in [0.5, 0.6) is 0 Å². The first-order valence-electron chi connectivity index (χ1n) is 7.73. The van der Waals surface area contributed by atoms with Gasteiger partial charge in [-0.2, -0.15) is 0 Å². The normalized spacial score (nSPS) is 14.2. The van der Waals surface area contributed by atoms with Crippen molar-refractivity contribution in [1.82, 2.24) is 14.9 Å². The Hall–Kier alpha value is -3.14. The second kappa shape index (κ2) is 6.96. The molecule has 0 saturated carbocycles. The topological polar surface area (TPSA) is 65.7 Å². The van der Waals surface area contributed by atoms with Crippen LogP contribution >= 0.6 is 0 Å². The van der Waals surface area contributed by atoms with Crippen LogP contribution in [0, 0.1) is 13.5 Å². The molecule has 24 heavy (non-hydrogen) atoms. The summed E-state index contributed by atoms with van der Waals surface area (Å²) in [5.41, 5.74) is 1.58. The minimum Gasteiger partial charge on any atom is -0.353 e. The molecule has 122 valence electrons. The summed E-state index contributed by atoms with van der Waals surface area (Å²) in [5, 5.41) is 2.82. The van der Waals surface area contributed by atoms with Gasteiger partial charge < -0.3 is 9.80 Å². The van der Waals surface area contributed by atoms with E-state index in [2.05, 4.69) is 25.0 Å². The van der Waals surface area contributed by atoms with Crippen molar-refractivity contribution in [3.05, 3.63) is 53.6 Å². The molecular formula is C17H18N6O. The van der Waals surface area contributed by atoms with Crippen LogP contribution in [0.25, 0.3) is 4.85 Å². The van der Waals surface area contributed by atoms with E-state index in [9.17, 15) is 4.79 Å². The number of nitrogens with zero attached hydrogens (tertiary/aromatic N) is 5. The van der Waals surface area contributed by atoms with Gasteiger partial charge in [-0.1, -0.05) is 12.1 Å². The molecular weight excluding hydrogens is 304 g/mol. The minimum atomic E-state index is -0.137. The number of aryl methyl sites for hydroxylation is 1. The van der Waals surface area contributed by atoms with Gasteiger partial charge in [-0.25, -0.2) is 14.6 Å². The smallest absolute Gasteiger partial charge is 0.323 e. The summed E-state index contributed by atoms with van der Waals surface area (Å²) >= 11 is 0. The summed E-state index contributed by atoms with van der Waals surface area (Å²) in [6.45, 7) is 11.6. The lowest BCUT2D eigenvalue weighted by Gasteiger charge is -2.35. The van der Waals surface area contributed by atoms with E-state index in [1.54, 1.807) is 29.4 Å². The molecule has 0 aliphatic carbocycles. The predicted octanol–water partition coefficient (Wildman–Crippen LogP) is 2.69. The molecule has 1 N–H and O–H groups in total. The molecule has 2 amide bonds. The molecule has 2 aromatic rings. The highest BCUT2D eigenvalue weighted by Crippen LogP contribution is 2.18. The quantitative estimate of drug-likeness (QED) is 0.863. The van der Waals surface area contributed by atoms with E-state index in [-0.39, 0.29) is 6.03 Å². The van der Waals surface area contributed by atoms with Crippen molar-refractivity contribution < 1.29 is 4.79 Å². The first-order valence-corrected chi connectivity index (χ1v) is 7.73. The number of piperazine rings is 1. The highest BCUT2D eigenvalue weighted by atomic mass is 16.2. The van der Waals surface area contributed by atoms with Gasteiger partial charge in [-0.15, -0.1) is 0 Å². The van der Waals surface area contributed by atoms with Crippen LogP contribution in [0.2, 0.25) is 0 Å². The van der Waals surface area contributed by atoms with Gasteiger partial charge in [0, 0.05) is 38.6 Å². The van der Waals surface area contributed by atoms with Crippen molar-refractivity contribution in [2.24, 2.45) is 0 Å². The van der Waals surface area contributed by atoms with Gasteiger partial charge in [0.1, 0.15) is 11.6 Å². The van der Waals surface area contributed by atoms with Crippen LogP contribution in [-0.2, 0) is 0 Å². The number of rotatable bonds is 2. The van der Waals surface area contributed by atoms with Crippen LogP contribution in [-0.4, -0.2) is 47.1 Å². The van der Waals surface area contributed by atoms with E-state index < -0.39 is 0 Å². The van der Waals surface area contributed by atoms with E-state index in [4.69, 9.17) is 6.57 Å². The van der Waals surface area contributed by atoms with E-state index in [0.29, 0.717) is 37.7 Å². The Morgan fingerprint density at radius 2 is 1.92 bits per heavy atom. The van der Waals surface area contributed by atoms with Gasteiger partial charge in [0.25, 0.3) is 0 Å². The van der Waals surface area contributed by atoms with Gasteiger partial charge in [0.2, 0.25) is 5.69 Å². The van der Waals surface area contributed by atoms with Crippen LogP contribution < -0.4 is 10.2 Å². The van der Waals surface area contributed by atoms with Crippen LogP contribution in [0.15, 0.2) is 36.7 Å². The predicted molar refractivity (Wildman–Crippen MR) is 92.3 cm³/mol. The van der Waals surface area contributed by atoms with Crippen LogP contribution in [0.1, 0.15) is 5.56 Å². The summed E-state index contributed by atoms with van der Waals surface area (Å²) in [6.07, 6.45) is 3.30. The molecule has 1 fully saturated rings. The maximum absolute atomic E-state index is 12.3. The molecule has 1 aliphatic heterocycles. The number of hydrogen-bond donors (Lipinski definition) is 1. The van der Waals surface area contributed by atoms with Crippen molar-refractivity contribution in [2.45, 2.75) is 6.92 Å². The number of pyridine rings is 2. The largest absolute Gasteiger partial charge is 0.353 e. The Kier molecular flexibility index (Phi) is 4.57. The zero-order valence-electron chi connectivity index (χ0n) is 13.4. The second-order valence-electron chi connectivity index (χ2n) is 5.61. The number of anilines is 2. The van der Waals surface area contributed by atoms with E-state index in [0.717, 1.165) is 11.4 Å². The van der Waals surface area contributed by atoms with E-state index in [1.807, 2.05) is 19.1 Å². The molecule has 3 heterocycles. The number of aromatic nitrogens is 2. The molecule has 0 spiro atoms. The number of urea groups is 1. The van der Waals surface area contributed by atoms with Crippen LogP contribution in [0.4, 0.5) is 22.1 Å². The molecule has 1 saturated heterocycles. The zero-order valence-corrected chi connectivity index (χ0v) is 13.4. The lowest BCUT2D eigenvalue weighted by atomic mass is 10.3. The first-order chi connectivity index (χ1) is 11.7. The van der Waals surface area contributed by atoms with Gasteiger partial charge in [0.05, 0.1) is 6.57 Å². The maximum atomic E-state index is 12.3. The van der Waals surface area contributed by atoms with Gasteiger partial charge in [-0.05, 0) is 24.6 Å². The number of carbonyl (C=O) groups is 1. The third-order valence-corrected chi connectivity index (χ3v) is 3.90. The molecule has 0 radical (unpaired) electrons. The average Bonchev–Trinajstić information content (AvgIpc) is 2.64. The summed E-state index contributed by atoms with van der Waals surface area (Å²) in [7, 11) is 0. The second-order valence-corrected chi connectivity index (χ2v) is 5.61. The third kappa shape index (κ3) is 3.60. The van der Waals surface area contributed by atoms with Crippen LogP contribution in [0.3, 0.4) is 0 Å². The molecule has 0 bridgehead atoms. The molecule has 1 aliphatic rings. The fraction of sp³-hybridized carbons (Fsp3) is 0.294. The highest BCUT2D eigenvalue weighted by Gasteiger charge is 2.22. The lowest BCUT2D eigenvalue weighted by Crippen LogP contribution is -2.50. The van der Waals surface area contributed by atoms with Crippen molar-refractivity contribution in [2.75, 3.05) is 36.4 Å². The Balaban J connectivity index is 1.55. The summed E-state index contributed by atoms with van der Waals surface area (Å²) in [5.74, 6) is 1.40. The molecule has 3 rings (SSSR count). The van der Waals surface area contributed by atoms with Crippen molar-refractivity contribution in [3.8, 4) is 0 Å². The fourth-order valence-electron chi connectivity index (χ4n) is 2.50.